The van der Waals surface area contributed by atoms with Gasteiger partial charge < -0.3 is 5.32 Å². The van der Waals surface area contributed by atoms with Crippen molar-refractivity contribution in [3.63, 3.8) is 0 Å². The molecule has 0 aliphatic heterocycles. The van der Waals surface area contributed by atoms with E-state index in [4.69, 9.17) is 0 Å². The Morgan fingerprint density at radius 2 is 2.24 bits per heavy atom. The minimum absolute atomic E-state index is 0.644. The number of aryl methyl sites for hydroxylation is 1. The van der Waals surface area contributed by atoms with E-state index in [1.165, 1.54) is 19.3 Å². The molecule has 1 heterocycles. The highest BCUT2D eigenvalue weighted by atomic mass is 32.2. The van der Waals surface area contributed by atoms with E-state index in [9.17, 15) is 0 Å². The molecule has 2 rings (SSSR count). The molecule has 1 fully saturated rings. The molecule has 1 aromatic heterocycles. The van der Waals surface area contributed by atoms with Crippen molar-refractivity contribution >= 4 is 23.1 Å². The maximum Gasteiger partial charge on any atom is 0.174 e. The smallest absolute Gasteiger partial charge is 0.174 e. The standard InChI is InChI=1S/C12H21N3S2/c1-4-13-10-6-5-8(2)7-11(10)17-12-15-14-9(3)16-12/h8,10-11,13H,4-7H2,1-3H3. The molecule has 1 N–H and O–H groups in total. The molecule has 0 aromatic carbocycles. The van der Waals surface area contributed by atoms with Crippen molar-refractivity contribution in [1.29, 1.82) is 0 Å². The van der Waals surface area contributed by atoms with Gasteiger partial charge in [0.2, 0.25) is 0 Å². The summed E-state index contributed by atoms with van der Waals surface area (Å²) in [6.45, 7) is 7.63. The predicted octanol–water partition coefficient (Wildman–Crippen LogP) is 3.11. The molecule has 0 amide bonds. The van der Waals surface area contributed by atoms with Crippen molar-refractivity contribution in [3.05, 3.63) is 5.01 Å². The van der Waals surface area contributed by atoms with Crippen LogP contribution in [-0.4, -0.2) is 28.0 Å². The number of aromatic nitrogens is 2. The van der Waals surface area contributed by atoms with Crippen molar-refractivity contribution < 1.29 is 0 Å². The topological polar surface area (TPSA) is 37.8 Å². The number of nitrogens with one attached hydrogen (secondary N) is 1. The number of hydrogen-bond acceptors (Lipinski definition) is 5. The summed E-state index contributed by atoms with van der Waals surface area (Å²) in [5, 5.41) is 13.7. The van der Waals surface area contributed by atoms with Crippen molar-refractivity contribution in [1.82, 2.24) is 15.5 Å². The van der Waals surface area contributed by atoms with Gasteiger partial charge in [-0.1, -0.05) is 36.9 Å². The van der Waals surface area contributed by atoms with Gasteiger partial charge in [-0.2, -0.15) is 0 Å². The Kier molecular flexibility index (Phi) is 4.82. The molecular weight excluding hydrogens is 250 g/mol. The molecule has 3 nitrogen and oxygen atoms in total. The van der Waals surface area contributed by atoms with Gasteiger partial charge in [-0.15, -0.1) is 10.2 Å². The van der Waals surface area contributed by atoms with Crippen LogP contribution in [0.3, 0.4) is 0 Å². The lowest BCUT2D eigenvalue weighted by molar-refractivity contribution is 0.320. The third-order valence-corrected chi connectivity index (χ3v) is 5.56. The van der Waals surface area contributed by atoms with Gasteiger partial charge in [-0.25, -0.2) is 0 Å². The Morgan fingerprint density at radius 1 is 1.41 bits per heavy atom. The second kappa shape index (κ2) is 6.16. The van der Waals surface area contributed by atoms with Gasteiger partial charge in [-0.3, -0.25) is 0 Å². The summed E-state index contributed by atoms with van der Waals surface area (Å²) in [5.74, 6) is 0.844. The van der Waals surface area contributed by atoms with Crippen LogP contribution in [0.4, 0.5) is 0 Å². The summed E-state index contributed by atoms with van der Waals surface area (Å²) in [7, 11) is 0. The lowest BCUT2D eigenvalue weighted by Gasteiger charge is -2.34. The van der Waals surface area contributed by atoms with Gasteiger partial charge in [-0.05, 0) is 38.6 Å². The zero-order chi connectivity index (χ0) is 12.3. The van der Waals surface area contributed by atoms with Gasteiger partial charge in [0, 0.05) is 11.3 Å². The highest BCUT2D eigenvalue weighted by Crippen LogP contribution is 2.37. The van der Waals surface area contributed by atoms with E-state index in [0.717, 1.165) is 21.8 Å². The quantitative estimate of drug-likeness (QED) is 0.913. The average molecular weight is 271 g/mol. The van der Waals surface area contributed by atoms with E-state index >= 15 is 0 Å². The Morgan fingerprint density at radius 3 is 2.88 bits per heavy atom. The molecule has 0 saturated heterocycles. The van der Waals surface area contributed by atoms with Gasteiger partial charge in [0.1, 0.15) is 5.01 Å². The van der Waals surface area contributed by atoms with Crippen molar-refractivity contribution in [2.75, 3.05) is 6.54 Å². The van der Waals surface area contributed by atoms with E-state index in [2.05, 4.69) is 29.4 Å². The molecule has 1 aliphatic carbocycles. The van der Waals surface area contributed by atoms with Gasteiger partial charge >= 0.3 is 0 Å². The maximum absolute atomic E-state index is 4.23. The monoisotopic (exact) mass is 271 g/mol. The first-order valence-corrected chi connectivity index (χ1v) is 8.08. The number of nitrogens with zero attached hydrogens (tertiary/aromatic N) is 2. The van der Waals surface area contributed by atoms with Crippen LogP contribution in [0, 0.1) is 12.8 Å². The van der Waals surface area contributed by atoms with E-state index in [0.29, 0.717) is 11.3 Å². The van der Waals surface area contributed by atoms with Crippen LogP contribution in [0.5, 0.6) is 0 Å². The second-order valence-corrected chi connectivity index (χ2v) is 7.49. The van der Waals surface area contributed by atoms with E-state index in [1.807, 2.05) is 18.7 Å². The highest BCUT2D eigenvalue weighted by molar-refractivity contribution is 8.01. The Hall–Kier alpha value is -0.130. The van der Waals surface area contributed by atoms with Gasteiger partial charge in [0.25, 0.3) is 0 Å². The molecule has 0 radical (unpaired) electrons. The van der Waals surface area contributed by atoms with Crippen molar-refractivity contribution in [2.45, 2.75) is 55.7 Å². The SMILES string of the molecule is CCNC1CCC(C)CC1Sc1nnc(C)s1. The number of thioether (sulfide) groups is 1. The molecule has 5 heteroatoms. The molecule has 17 heavy (non-hydrogen) atoms. The zero-order valence-electron chi connectivity index (χ0n) is 10.8. The van der Waals surface area contributed by atoms with Crippen LogP contribution in [0.15, 0.2) is 4.34 Å². The fraction of sp³-hybridized carbons (Fsp3) is 0.833. The third-order valence-electron chi connectivity index (χ3n) is 3.28. The highest BCUT2D eigenvalue weighted by Gasteiger charge is 2.29. The zero-order valence-corrected chi connectivity index (χ0v) is 12.4. The summed E-state index contributed by atoms with van der Waals surface area (Å²) in [4.78, 5) is 0. The lowest BCUT2D eigenvalue weighted by Crippen LogP contribution is -2.42. The summed E-state index contributed by atoms with van der Waals surface area (Å²) in [5.41, 5.74) is 0. The molecule has 3 unspecified atom stereocenters. The first-order valence-electron chi connectivity index (χ1n) is 6.39. The molecule has 0 spiro atoms. The summed E-state index contributed by atoms with van der Waals surface area (Å²) in [6, 6.07) is 0.644. The van der Waals surface area contributed by atoms with Crippen LogP contribution >= 0.6 is 23.1 Å². The lowest BCUT2D eigenvalue weighted by atomic mass is 9.87. The molecular formula is C12H21N3S2. The first-order chi connectivity index (χ1) is 8.19. The Bertz CT molecular complexity index is 353. The number of hydrogen-bond donors (Lipinski definition) is 1. The Labute approximate surface area is 112 Å². The van der Waals surface area contributed by atoms with Crippen LogP contribution in [0.2, 0.25) is 0 Å². The molecule has 1 aromatic rings. The van der Waals surface area contributed by atoms with Crippen LogP contribution < -0.4 is 5.32 Å². The fourth-order valence-electron chi connectivity index (χ4n) is 2.41. The minimum atomic E-state index is 0.644. The van der Waals surface area contributed by atoms with E-state index in [-0.39, 0.29) is 0 Å². The molecule has 3 atom stereocenters. The van der Waals surface area contributed by atoms with Crippen molar-refractivity contribution in [3.8, 4) is 0 Å². The van der Waals surface area contributed by atoms with E-state index in [1.54, 1.807) is 11.3 Å². The molecule has 1 aliphatic rings. The van der Waals surface area contributed by atoms with Gasteiger partial charge in [0.05, 0.1) is 0 Å². The first kappa shape index (κ1) is 13.3. The summed E-state index contributed by atoms with van der Waals surface area (Å²) in [6.07, 6.45) is 3.94. The summed E-state index contributed by atoms with van der Waals surface area (Å²) < 4.78 is 1.13. The Balaban J connectivity index is 1.99. The van der Waals surface area contributed by atoms with Gasteiger partial charge in [0.15, 0.2) is 4.34 Å². The normalized spacial score (nSPS) is 29.5. The molecule has 96 valence electrons. The van der Waals surface area contributed by atoms with Crippen molar-refractivity contribution in [2.24, 2.45) is 5.92 Å². The van der Waals surface area contributed by atoms with E-state index < -0.39 is 0 Å². The fourth-order valence-corrected chi connectivity index (χ4v) is 4.92. The van der Waals surface area contributed by atoms with Crippen LogP contribution in [0.1, 0.15) is 38.1 Å². The second-order valence-electron chi connectivity index (χ2n) is 4.83. The largest absolute Gasteiger partial charge is 0.313 e. The minimum Gasteiger partial charge on any atom is -0.313 e. The predicted molar refractivity (Wildman–Crippen MR) is 74.8 cm³/mol. The average Bonchev–Trinajstić information content (AvgIpc) is 2.68. The number of rotatable bonds is 4. The van der Waals surface area contributed by atoms with Crippen LogP contribution in [-0.2, 0) is 0 Å². The molecule has 1 saturated carbocycles. The third kappa shape index (κ3) is 3.66. The maximum atomic E-state index is 4.23. The molecule has 0 bridgehead atoms. The summed E-state index contributed by atoms with van der Waals surface area (Å²) >= 11 is 3.64. The van der Waals surface area contributed by atoms with Crippen LogP contribution in [0.25, 0.3) is 0 Å².